The number of carboxylic acids is 1. The standard InChI is InChI=1S/C10H16N4O3S/c1-7(2)14-9(11-5-13-14)4-18-3-8(10(16)17)12-6-15/h5-8H,3-4H2,1-2H3,(H,12,15)(H,16,17). The molecule has 0 aliphatic heterocycles. The fourth-order valence-corrected chi connectivity index (χ4v) is 2.33. The smallest absolute Gasteiger partial charge is 0.327 e. The minimum atomic E-state index is -1.04. The summed E-state index contributed by atoms with van der Waals surface area (Å²) in [6, 6.07) is -0.658. The monoisotopic (exact) mass is 272 g/mol. The van der Waals surface area contributed by atoms with Crippen LogP contribution in [0.3, 0.4) is 0 Å². The first-order chi connectivity index (χ1) is 8.56. The predicted octanol–water partition coefficient (Wildman–Crippen LogP) is 0.291. The molecular weight excluding hydrogens is 256 g/mol. The Balaban J connectivity index is 2.47. The van der Waals surface area contributed by atoms with Crippen molar-refractivity contribution in [3.63, 3.8) is 0 Å². The average Bonchev–Trinajstić information content (AvgIpc) is 2.76. The van der Waals surface area contributed by atoms with Crippen molar-refractivity contribution in [2.75, 3.05) is 5.75 Å². The Morgan fingerprint density at radius 1 is 1.67 bits per heavy atom. The molecule has 0 saturated carbocycles. The van der Waals surface area contributed by atoms with Crippen molar-refractivity contribution < 1.29 is 14.7 Å². The van der Waals surface area contributed by atoms with Gasteiger partial charge in [-0.1, -0.05) is 0 Å². The summed E-state index contributed by atoms with van der Waals surface area (Å²) in [5.41, 5.74) is 0. The number of thioether (sulfide) groups is 1. The van der Waals surface area contributed by atoms with Gasteiger partial charge in [0.25, 0.3) is 0 Å². The zero-order valence-corrected chi connectivity index (χ0v) is 11.1. The molecule has 8 heteroatoms. The maximum Gasteiger partial charge on any atom is 0.327 e. The van der Waals surface area contributed by atoms with Crippen LogP contribution in [0.25, 0.3) is 0 Å². The summed E-state index contributed by atoms with van der Waals surface area (Å²) in [6.07, 6.45) is 1.88. The third-order valence-corrected chi connectivity index (χ3v) is 3.25. The number of carbonyl (C=O) groups excluding carboxylic acids is 1. The number of carbonyl (C=O) groups is 2. The summed E-state index contributed by atoms with van der Waals surface area (Å²) in [6.45, 7) is 3.99. The molecule has 0 aliphatic rings. The number of amides is 1. The summed E-state index contributed by atoms with van der Waals surface area (Å²) >= 11 is 1.39. The maximum atomic E-state index is 10.8. The first-order valence-electron chi connectivity index (χ1n) is 5.45. The van der Waals surface area contributed by atoms with Crippen LogP contribution in [0.1, 0.15) is 25.7 Å². The lowest BCUT2D eigenvalue weighted by molar-refractivity contribution is -0.139. The zero-order valence-electron chi connectivity index (χ0n) is 10.2. The molecule has 0 spiro atoms. The van der Waals surface area contributed by atoms with E-state index in [1.54, 1.807) is 4.68 Å². The van der Waals surface area contributed by atoms with Crippen molar-refractivity contribution in [1.29, 1.82) is 0 Å². The van der Waals surface area contributed by atoms with Gasteiger partial charge in [-0.05, 0) is 13.8 Å². The van der Waals surface area contributed by atoms with Gasteiger partial charge >= 0.3 is 5.97 Å². The molecule has 18 heavy (non-hydrogen) atoms. The van der Waals surface area contributed by atoms with Gasteiger partial charge in [0.2, 0.25) is 6.41 Å². The van der Waals surface area contributed by atoms with Gasteiger partial charge in [-0.25, -0.2) is 14.5 Å². The minimum Gasteiger partial charge on any atom is -0.480 e. The van der Waals surface area contributed by atoms with Crippen molar-refractivity contribution in [3.8, 4) is 0 Å². The Labute approximate surface area is 109 Å². The number of aliphatic carboxylic acids is 1. The molecule has 1 rings (SSSR count). The summed E-state index contributed by atoms with van der Waals surface area (Å²) in [5.74, 6) is 0.604. The van der Waals surface area contributed by atoms with E-state index in [0.29, 0.717) is 17.9 Å². The van der Waals surface area contributed by atoms with E-state index in [2.05, 4.69) is 15.4 Å². The third kappa shape index (κ3) is 4.02. The highest BCUT2D eigenvalue weighted by Gasteiger charge is 2.16. The Bertz CT molecular complexity index is 408. The van der Waals surface area contributed by atoms with Gasteiger partial charge in [-0.2, -0.15) is 16.9 Å². The number of carboxylic acid groups (broad SMARTS) is 1. The molecule has 0 fully saturated rings. The van der Waals surface area contributed by atoms with Crippen LogP contribution in [0.2, 0.25) is 0 Å². The molecule has 2 N–H and O–H groups in total. The number of nitrogens with zero attached hydrogens (tertiary/aromatic N) is 3. The van der Waals surface area contributed by atoms with Gasteiger partial charge in [0.1, 0.15) is 18.2 Å². The number of rotatable bonds is 8. The van der Waals surface area contributed by atoms with E-state index >= 15 is 0 Å². The molecule has 0 saturated heterocycles. The summed E-state index contributed by atoms with van der Waals surface area (Å²) in [4.78, 5) is 25.2. The molecule has 1 heterocycles. The quantitative estimate of drug-likeness (QED) is 0.660. The average molecular weight is 272 g/mol. The lowest BCUT2D eigenvalue weighted by Crippen LogP contribution is -2.37. The number of nitrogens with one attached hydrogen (secondary N) is 1. The summed E-state index contributed by atoms with van der Waals surface area (Å²) < 4.78 is 1.79. The third-order valence-electron chi connectivity index (χ3n) is 2.22. The maximum absolute atomic E-state index is 10.8. The van der Waals surface area contributed by atoms with Gasteiger partial charge < -0.3 is 10.4 Å². The van der Waals surface area contributed by atoms with E-state index in [-0.39, 0.29) is 6.04 Å². The lowest BCUT2D eigenvalue weighted by Gasteiger charge is -2.12. The molecular formula is C10H16N4O3S. The molecule has 1 unspecified atom stereocenters. The topological polar surface area (TPSA) is 97.1 Å². The van der Waals surface area contributed by atoms with E-state index in [0.717, 1.165) is 5.82 Å². The zero-order chi connectivity index (χ0) is 13.5. The second-order valence-electron chi connectivity index (χ2n) is 3.91. The Kier molecular flexibility index (Phi) is 5.63. The van der Waals surface area contributed by atoms with Crippen molar-refractivity contribution in [2.45, 2.75) is 31.7 Å². The van der Waals surface area contributed by atoms with Crippen LogP contribution < -0.4 is 5.32 Å². The van der Waals surface area contributed by atoms with Crippen LogP contribution in [0.5, 0.6) is 0 Å². The molecule has 1 aromatic rings. The fourth-order valence-electron chi connectivity index (χ4n) is 1.35. The Morgan fingerprint density at radius 2 is 2.39 bits per heavy atom. The summed E-state index contributed by atoms with van der Waals surface area (Å²) in [5, 5.41) is 15.2. The van der Waals surface area contributed by atoms with Crippen LogP contribution in [0.4, 0.5) is 0 Å². The molecule has 0 aliphatic carbocycles. The normalized spacial score (nSPS) is 12.4. The van der Waals surface area contributed by atoms with E-state index in [9.17, 15) is 9.59 Å². The van der Waals surface area contributed by atoms with E-state index in [4.69, 9.17) is 5.11 Å². The first kappa shape index (κ1) is 14.5. The van der Waals surface area contributed by atoms with Crippen LogP contribution in [-0.4, -0.2) is 44.0 Å². The number of hydrogen-bond donors (Lipinski definition) is 2. The Morgan fingerprint density at radius 3 is 2.94 bits per heavy atom. The SMILES string of the molecule is CC(C)n1ncnc1CSCC(NC=O)C(=O)O. The van der Waals surface area contributed by atoms with Gasteiger partial charge in [-0.15, -0.1) is 0 Å². The van der Waals surface area contributed by atoms with Crippen molar-refractivity contribution in [1.82, 2.24) is 20.1 Å². The minimum absolute atomic E-state index is 0.214. The second-order valence-corrected chi connectivity index (χ2v) is 4.94. The van der Waals surface area contributed by atoms with E-state index in [1.165, 1.54) is 18.1 Å². The molecule has 0 bridgehead atoms. The summed E-state index contributed by atoms with van der Waals surface area (Å²) in [7, 11) is 0. The van der Waals surface area contributed by atoms with Crippen molar-refractivity contribution in [3.05, 3.63) is 12.2 Å². The molecule has 1 aromatic heterocycles. The highest BCUT2D eigenvalue weighted by Crippen LogP contribution is 2.14. The van der Waals surface area contributed by atoms with E-state index < -0.39 is 12.0 Å². The van der Waals surface area contributed by atoms with Crippen LogP contribution >= 0.6 is 11.8 Å². The molecule has 100 valence electrons. The van der Waals surface area contributed by atoms with Crippen molar-refractivity contribution >= 4 is 24.1 Å². The molecule has 1 atom stereocenters. The van der Waals surface area contributed by atoms with Crippen LogP contribution in [0, 0.1) is 0 Å². The first-order valence-corrected chi connectivity index (χ1v) is 6.60. The highest BCUT2D eigenvalue weighted by molar-refractivity contribution is 7.98. The number of hydrogen-bond acceptors (Lipinski definition) is 5. The second kappa shape index (κ2) is 7.00. The lowest BCUT2D eigenvalue weighted by atomic mass is 10.3. The van der Waals surface area contributed by atoms with Crippen molar-refractivity contribution in [2.24, 2.45) is 0 Å². The van der Waals surface area contributed by atoms with Gasteiger partial charge in [0.15, 0.2) is 0 Å². The highest BCUT2D eigenvalue weighted by atomic mass is 32.2. The molecule has 0 aromatic carbocycles. The molecule has 0 radical (unpaired) electrons. The number of aromatic nitrogens is 3. The van der Waals surface area contributed by atoms with E-state index in [1.807, 2.05) is 13.8 Å². The van der Waals surface area contributed by atoms with Gasteiger partial charge in [0, 0.05) is 11.8 Å². The van der Waals surface area contributed by atoms with Gasteiger partial charge in [0.05, 0.1) is 5.75 Å². The Hall–Kier alpha value is -1.57. The molecule has 1 amide bonds. The predicted molar refractivity (Wildman–Crippen MR) is 67.2 cm³/mol. The largest absolute Gasteiger partial charge is 0.480 e. The van der Waals surface area contributed by atoms with Crippen LogP contribution in [0.15, 0.2) is 6.33 Å². The molecule has 7 nitrogen and oxygen atoms in total. The van der Waals surface area contributed by atoms with Crippen LogP contribution in [-0.2, 0) is 15.3 Å². The van der Waals surface area contributed by atoms with Gasteiger partial charge in [-0.3, -0.25) is 4.79 Å². The fraction of sp³-hybridized carbons (Fsp3) is 0.600.